The molecule has 8 nitrogen and oxygen atoms in total. The molecule has 2 saturated heterocycles. The minimum atomic E-state index is -0.188. The lowest BCUT2D eigenvalue weighted by Gasteiger charge is -2.29. The van der Waals surface area contributed by atoms with Crippen molar-refractivity contribution in [3.05, 3.63) is 11.8 Å². The molecule has 0 atom stereocenters. The summed E-state index contributed by atoms with van der Waals surface area (Å²) in [5.74, 6) is 1.04. The first kappa shape index (κ1) is 15.0. The molecule has 2 fully saturated rings. The summed E-state index contributed by atoms with van der Waals surface area (Å²) in [5.41, 5.74) is 0.376. The molecule has 0 saturated carbocycles. The highest BCUT2D eigenvalue weighted by Gasteiger charge is 2.22. The molecule has 1 amide bonds. The van der Waals surface area contributed by atoms with E-state index in [0.29, 0.717) is 50.4 Å². The van der Waals surface area contributed by atoms with Gasteiger partial charge in [0.15, 0.2) is 0 Å². The molecule has 1 aromatic heterocycles. The number of amides is 1. The molecule has 0 unspecified atom stereocenters. The summed E-state index contributed by atoms with van der Waals surface area (Å²) in [4.78, 5) is 23.1. The molecule has 3 rings (SSSR count). The third-order valence-corrected chi connectivity index (χ3v) is 3.57. The van der Waals surface area contributed by atoms with Crippen LogP contribution in [0.5, 0.6) is 0 Å². The van der Waals surface area contributed by atoms with E-state index in [4.69, 9.17) is 9.47 Å². The van der Waals surface area contributed by atoms with E-state index in [-0.39, 0.29) is 11.9 Å². The number of nitrogens with zero attached hydrogens (tertiary/aromatic N) is 3. The van der Waals surface area contributed by atoms with Crippen LogP contribution < -0.4 is 15.5 Å². The summed E-state index contributed by atoms with van der Waals surface area (Å²) in [5, 5.41) is 6.06. The second kappa shape index (κ2) is 6.89. The van der Waals surface area contributed by atoms with Gasteiger partial charge in [-0.25, -0.2) is 4.98 Å². The van der Waals surface area contributed by atoms with Gasteiger partial charge in [-0.3, -0.25) is 4.79 Å². The van der Waals surface area contributed by atoms with Gasteiger partial charge in [-0.1, -0.05) is 0 Å². The molecular weight excluding hydrogens is 286 g/mol. The van der Waals surface area contributed by atoms with Crippen LogP contribution >= 0.6 is 0 Å². The van der Waals surface area contributed by atoms with Gasteiger partial charge in [0.25, 0.3) is 5.91 Å². The topological polar surface area (TPSA) is 88.6 Å². The maximum Gasteiger partial charge on any atom is 0.270 e. The summed E-state index contributed by atoms with van der Waals surface area (Å²) in [6.45, 7) is 6.51. The van der Waals surface area contributed by atoms with Gasteiger partial charge >= 0.3 is 0 Å². The quantitative estimate of drug-likeness (QED) is 0.783. The molecule has 2 aliphatic rings. The zero-order valence-corrected chi connectivity index (χ0v) is 12.7. The molecule has 22 heavy (non-hydrogen) atoms. The number of hydrogen-bond acceptors (Lipinski definition) is 7. The van der Waals surface area contributed by atoms with Crippen molar-refractivity contribution in [2.45, 2.75) is 13.0 Å². The first-order valence-corrected chi connectivity index (χ1v) is 7.60. The zero-order valence-electron chi connectivity index (χ0n) is 12.7. The highest BCUT2D eigenvalue weighted by Crippen LogP contribution is 2.17. The number of morpholine rings is 1. The van der Waals surface area contributed by atoms with Gasteiger partial charge < -0.3 is 25.0 Å². The molecule has 0 radical (unpaired) electrons. The SMILES string of the molecule is CCNC(=O)c1cc(NC2COC2)nc(N2CCOCC2)n1. The Bertz CT molecular complexity index is 529. The lowest BCUT2D eigenvalue weighted by molar-refractivity contribution is 0.0209. The molecule has 0 aromatic carbocycles. The van der Waals surface area contributed by atoms with E-state index in [2.05, 4.69) is 20.6 Å². The highest BCUT2D eigenvalue weighted by atomic mass is 16.5. The van der Waals surface area contributed by atoms with Crippen LogP contribution in [0.3, 0.4) is 0 Å². The summed E-state index contributed by atoms with van der Waals surface area (Å²) < 4.78 is 10.5. The first-order valence-electron chi connectivity index (χ1n) is 7.60. The van der Waals surface area contributed by atoms with Crippen molar-refractivity contribution in [2.75, 3.05) is 56.3 Å². The van der Waals surface area contributed by atoms with Gasteiger partial charge in [0, 0.05) is 25.7 Å². The minimum Gasteiger partial charge on any atom is -0.378 e. The van der Waals surface area contributed by atoms with Crippen molar-refractivity contribution in [3.8, 4) is 0 Å². The monoisotopic (exact) mass is 307 g/mol. The molecule has 2 aliphatic heterocycles. The highest BCUT2D eigenvalue weighted by molar-refractivity contribution is 5.93. The third-order valence-electron chi connectivity index (χ3n) is 3.57. The van der Waals surface area contributed by atoms with E-state index in [1.807, 2.05) is 11.8 Å². The largest absolute Gasteiger partial charge is 0.378 e. The fraction of sp³-hybridized carbons (Fsp3) is 0.643. The van der Waals surface area contributed by atoms with E-state index < -0.39 is 0 Å². The lowest BCUT2D eigenvalue weighted by Crippen LogP contribution is -2.41. The van der Waals surface area contributed by atoms with Crippen molar-refractivity contribution in [1.29, 1.82) is 0 Å². The minimum absolute atomic E-state index is 0.188. The Kier molecular flexibility index (Phi) is 4.69. The standard InChI is InChI=1S/C14H21N5O3/c1-2-15-13(20)11-7-12(16-10-8-22-9-10)18-14(17-11)19-3-5-21-6-4-19/h7,10H,2-6,8-9H2,1H3,(H,15,20)(H,16,17,18). The van der Waals surface area contributed by atoms with Crippen molar-refractivity contribution < 1.29 is 14.3 Å². The van der Waals surface area contributed by atoms with Crippen LogP contribution in [0.2, 0.25) is 0 Å². The maximum absolute atomic E-state index is 12.1. The van der Waals surface area contributed by atoms with E-state index in [9.17, 15) is 4.79 Å². The van der Waals surface area contributed by atoms with E-state index >= 15 is 0 Å². The van der Waals surface area contributed by atoms with Crippen LogP contribution in [0.1, 0.15) is 17.4 Å². The number of ether oxygens (including phenoxy) is 2. The van der Waals surface area contributed by atoms with E-state index in [0.717, 1.165) is 13.1 Å². The number of rotatable bonds is 5. The van der Waals surface area contributed by atoms with Crippen LogP contribution in [0.25, 0.3) is 0 Å². The van der Waals surface area contributed by atoms with E-state index in [1.165, 1.54) is 0 Å². The summed E-state index contributed by atoms with van der Waals surface area (Å²) in [6.07, 6.45) is 0. The van der Waals surface area contributed by atoms with Gasteiger partial charge in [-0.15, -0.1) is 0 Å². The summed E-state index contributed by atoms with van der Waals surface area (Å²) >= 11 is 0. The number of nitrogens with one attached hydrogen (secondary N) is 2. The Balaban J connectivity index is 1.84. The van der Waals surface area contributed by atoms with Gasteiger partial charge in [-0.05, 0) is 6.92 Å². The number of hydrogen-bond donors (Lipinski definition) is 2. The molecule has 1 aromatic rings. The lowest BCUT2D eigenvalue weighted by atomic mass is 10.2. The van der Waals surface area contributed by atoms with Crippen molar-refractivity contribution in [1.82, 2.24) is 15.3 Å². The van der Waals surface area contributed by atoms with Crippen LogP contribution in [0.4, 0.5) is 11.8 Å². The Hall–Kier alpha value is -1.93. The average molecular weight is 307 g/mol. The summed E-state index contributed by atoms with van der Waals surface area (Å²) in [6, 6.07) is 1.93. The molecule has 8 heteroatoms. The van der Waals surface area contributed by atoms with Crippen molar-refractivity contribution in [3.63, 3.8) is 0 Å². The molecule has 0 bridgehead atoms. The van der Waals surface area contributed by atoms with Crippen LogP contribution in [0, 0.1) is 0 Å². The predicted octanol–water partition coefficient (Wildman–Crippen LogP) is -0.126. The van der Waals surface area contributed by atoms with Gasteiger partial charge in [-0.2, -0.15) is 4.98 Å². The van der Waals surface area contributed by atoms with E-state index in [1.54, 1.807) is 6.07 Å². The number of carbonyl (C=O) groups is 1. The molecule has 3 heterocycles. The molecular formula is C14H21N5O3. The third kappa shape index (κ3) is 3.45. The fourth-order valence-corrected chi connectivity index (χ4v) is 2.31. The Morgan fingerprint density at radius 2 is 2.09 bits per heavy atom. The smallest absolute Gasteiger partial charge is 0.270 e. The second-order valence-electron chi connectivity index (χ2n) is 5.28. The van der Waals surface area contributed by atoms with Crippen LogP contribution in [-0.4, -0.2) is 68.0 Å². The zero-order chi connectivity index (χ0) is 15.4. The molecule has 2 N–H and O–H groups in total. The van der Waals surface area contributed by atoms with Crippen LogP contribution in [-0.2, 0) is 9.47 Å². The second-order valence-corrected chi connectivity index (χ2v) is 5.28. The van der Waals surface area contributed by atoms with Gasteiger partial charge in [0.05, 0.1) is 32.5 Å². The molecule has 120 valence electrons. The normalized spacial score (nSPS) is 18.7. The fourth-order valence-electron chi connectivity index (χ4n) is 2.31. The summed E-state index contributed by atoms with van der Waals surface area (Å²) in [7, 11) is 0. The van der Waals surface area contributed by atoms with Gasteiger partial charge in [0.2, 0.25) is 5.95 Å². The Morgan fingerprint density at radius 1 is 1.32 bits per heavy atom. The molecule has 0 aliphatic carbocycles. The number of aromatic nitrogens is 2. The predicted molar refractivity (Wildman–Crippen MR) is 81.3 cm³/mol. The first-order chi connectivity index (χ1) is 10.8. The Labute approximate surface area is 129 Å². The van der Waals surface area contributed by atoms with Crippen molar-refractivity contribution >= 4 is 17.7 Å². The number of carbonyl (C=O) groups excluding carboxylic acids is 1. The Morgan fingerprint density at radius 3 is 2.73 bits per heavy atom. The van der Waals surface area contributed by atoms with Crippen molar-refractivity contribution in [2.24, 2.45) is 0 Å². The number of anilines is 2. The van der Waals surface area contributed by atoms with Crippen LogP contribution in [0.15, 0.2) is 6.07 Å². The van der Waals surface area contributed by atoms with Gasteiger partial charge in [0.1, 0.15) is 11.5 Å². The molecule has 0 spiro atoms. The maximum atomic E-state index is 12.1. The average Bonchev–Trinajstić information content (AvgIpc) is 2.52.